The highest BCUT2D eigenvalue weighted by Gasteiger charge is 2.19. The molecule has 0 amide bonds. The molecule has 2 aromatic rings. The van der Waals surface area contributed by atoms with Gasteiger partial charge in [-0.3, -0.25) is 16.0 Å². The molecule has 0 radical (unpaired) electrons. The Morgan fingerprint density at radius 1 is 1.43 bits per heavy atom. The Bertz CT molecular complexity index is 612. The number of hydrogen-bond donors (Lipinski definition) is 2. The van der Waals surface area contributed by atoms with Crippen LogP contribution < -0.4 is 11.3 Å². The van der Waals surface area contributed by atoms with Crippen LogP contribution in [0.25, 0.3) is 0 Å². The molecule has 4 nitrogen and oxygen atoms in total. The summed E-state index contributed by atoms with van der Waals surface area (Å²) in [4.78, 5) is 0. The van der Waals surface area contributed by atoms with Crippen molar-refractivity contribution in [3.63, 3.8) is 0 Å². The van der Waals surface area contributed by atoms with E-state index in [1.165, 1.54) is 3.57 Å². The molecular formula is C15H20ClIN4. The zero-order valence-electron chi connectivity index (χ0n) is 12.2. The topological polar surface area (TPSA) is 55.9 Å². The van der Waals surface area contributed by atoms with Crippen LogP contribution in [0.4, 0.5) is 0 Å². The van der Waals surface area contributed by atoms with Crippen molar-refractivity contribution in [2.45, 2.75) is 39.3 Å². The number of halogens is 2. The zero-order valence-corrected chi connectivity index (χ0v) is 15.1. The number of aryl methyl sites for hydroxylation is 2. The summed E-state index contributed by atoms with van der Waals surface area (Å²) in [6.45, 7) is 4.94. The van der Waals surface area contributed by atoms with E-state index in [4.69, 9.17) is 17.4 Å². The molecule has 0 fully saturated rings. The molecule has 0 spiro atoms. The minimum absolute atomic E-state index is 0.0175. The summed E-state index contributed by atoms with van der Waals surface area (Å²) in [5.74, 6) is 5.76. The van der Waals surface area contributed by atoms with Crippen molar-refractivity contribution < 1.29 is 0 Å². The number of hydrogen-bond acceptors (Lipinski definition) is 3. The second-order valence-electron chi connectivity index (χ2n) is 4.86. The smallest absolute Gasteiger partial charge is 0.0850 e. The van der Waals surface area contributed by atoms with Gasteiger partial charge >= 0.3 is 0 Å². The number of nitrogens with one attached hydrogen (secondary N) is 1. The van der Waals surface area contributed by atoms with E-state index in [0.29, 0.717) is 0 Å². The quantitative estimate of drug-likeness (QED) is 0.429. The van der Waals surface area contributed by atoms with Crippen molar-refractivity contribution in [1.29, 1.82) is 0 Å². The first-order valence-electron chi connectivity index (χ1n) is 7.06. The van der Waals surface area contributed by atoms with Gasteiger partial charge in [0.05, 0.1) is 22.5 Å². The van der Waals surface area contributed by atoms with Crippen LogP contribution in [-0.2, 0) is 19.4 Å². The largest absolute Gasteiger partial charge is 0.271 e. The highest BCUT2D eigenvalue weighted by atomic mass is 127. The molecule has 2 rings (SSSR count). The van der Waals surface area contributed by atoms with Crippen molar-refractivity contribution in [2.24, 2.45) is 5.84 Å². The molecule has 1 unspecified atom stereocenters. The fourth-order valence-corrected chi connectivity index (χ4v) is 3.32. The van der Waals surface area contributed by atoms with Gasteiger partial charge in [-0.05, 0) is 53.6 Å². The van der Waals surface area contributed by atoms with E-state index in [0.717, 1.165) is 41.4 Å². The second kappa shape index (κ2) is 7.58. The fourth-order valence-electron chi connectivity index (χ4n) is 2.40. The van der Waals surface area contributed by atoms with E-state index in [9.17, 15) is 0 Å². The molecule has 1 atom stereocenters. The summed E-state index contributed by atoms with van der Waals surface area (Å²) < 4.78 is 3.16. The molecule has 114 valence electrons. The zero-order chi connectivity index (χ0) is 15.4. The number of nitrogens with two attached hydrogens (primary N) is 1. The molecule has 1 aromatic heterocycles. The first-order valence-corrected chi connectivity index (χ1v) is 8.52. The molecule has 21 heavy (non-hydrogen) atoms. The lowest BCUT2D eigenvalue weighted by molar-refractivity contribution is 0.516. The molecular weight excluding hydrogens is 399 g/mol. The fraction of sp³-hybridized carbons (Fsp3) is 0.400. The maximum atomic E-state index is 6.47. The van der Waals surface area contributed by atoms with Gasteiger partial charge in [-0.1, -0.05) is 30.7 Å². The second-order valence-corrected chi connectivity index (χ2v) is 6.48. The van der Waals surface area contributed by atoms with Crippen LogP contribution in [0.15, 0.2) is 24.3 Å². The summed E-state index contributed by atoms with van der Waals surface area (Å²) >= 11 is 8.78. The summed E-state index contributed by atoms with van der Waals surface area (Å²) in [5.41, 5.74) is 6.04. The third-order valence-electron chi connectivity index (χ3n) is 3.54. The molecule has 0 saturated heterocycles. The number of rotatable bonds is 6. The van der Waals surface area contributed by atoms with Crippen molar-refractivity contribution in [1.82, 2.24) is 15.2 Å². The van der Waals surface area contributed by atoms with E-state index >= 15 is 0 Å². The van der Waals surface area contributed by atoms with Gasteiger partial charge in [0, 0.05) is 16.5 Å². The monoisotopic (exact) mass is 418 g/mol. The summed E-state index contributed by atoms with van der Waals surface area (Å²) in [6.07, 6.45) is 1.55. The van der Waals surface area contributed by atoms with Gasteiger partial charge < -0.3 is 0 Å². The third kappa shape index (κ3) is 3.77. The van der Waals surface area contributed by atoms with E-state index in [1.54, 1.807) is 0 Å². The van der Waals surface area contributed by atoms with Crippen LogP contribution in [0.3, 0.4) is 0 Å². The lowest BCUT2D eigenvalue weighted by Crippen LogP contribution is -2.30. The average Bonchev–Trinajstić information content (AvgIpc) is 2.80. The average molecular weight is 419 g/mol. The van der Waals surface area contributed by atoms with Gasteiger partial charge in [0.2, 0.25) is 0 Å². The van der Waals surface area contributed by atoms with Crippen LogP contribution in [0.5, 0.6) is 0 Å². The Balaban J connectivity index is 2.32. The molecule has 6 heteroatoms. The summed E-state index contributed by atoms with van der Waals surface area (Å²) in [5, 5.41) is 5.33. The van der Waals surface area contributed by atoms with Crippen LogP contribution in [0.1, 0.15) is 36.8 Å². The minimum Gasteiger partial charge on any atom is -0.271 e. The van der Waals surface area contributed by atoms with Crippen LogP contribution in [0.2, 0.25) is 5.02 Å². The first-order chi connectivity index (χ1) is 10.1. The maximum absolute atomic E-state index is 6.47. The molecule has 1 heterocycles. The lowest BCUT2D eigenvalue weighted by atomic mass is 10.0. The summed E-state index contributed by atoms with van der Waals surface area (Å²) in [7, 11) is 0. The highest BCUT2D eigenvalue weighted by molar-refractivity contribution is 14.1. The number of benzene rings is 1. The predicted octanol–water partition coefficient (Wildman–Crippen LogP) is 3.47. The maximum Gasteiger partial charge on any atom is 0.0850 e. The molecule has 1 aromatic carbocycles. The number of hydrazine groups is 1. The molecule has 0 bridgehead atoms. The molecule has 0 aliphatic rings. The van der Waals surface area contributed by atoms with E-state index in [2.05, 4.69) is 65.2 Å². The predicted molar refractivity (Wildman–Crippen MR) is 95.2 cm³/mol. The third-order valence-corrected chi connectivity index (χ3v) is 4.65. The summed E-state index contributed by atoms with van der Waals surface area (Å²) in [6, 6.07) is 8.33. The van der Waals surface area contributed by atoms with Crippen molar-refractivity contribution in [3.05, 3.63) is 49.8 Å². The SMILES string of the molecule is CCc1nn(CC)c(CC(NN)c2cccc(I)c2)c1Cl. The van der Waals surface area contributed by atoms with Crippen LogP contribution in [-0.4, -0.2) is 9.78 Å². The van der Waals surface area contributed by atoms with Crippen LogP contribution >= 0.6 is 34.2 Å². The molecule has 0 saturated carbocycles. The van der Waals surface area contributed by atoms with Gasteiger partial charge in [0.1, 0.15) is 0 Å². The number of aromatic nitrogens is 2. The molecule has 0 aliphatic carbocycles. The number of nitrogens with zero attached hydrogens (tertiary/aromatic N) is 2. The Labute approximate surface area is 144 Å². The lowest BCUT2D eigenvalue weighted by Gasteiger charge is -2.17. The molecule has 3 N–H and O–H groups in total. The minimum atomic E-state index is 0.0175. The van der Waals surface area contributed by atoms with Gasteiger partial charge in [-0.15, -0.1) is 0 Å². The first kappa shape index (κ1) is 16.7. The van der Waals surface area contributed by atoms with E-state index < -0.39 is 0 Å². The van der Waals surface area contributed by atoms with Gasteiger partial charge in [-0.25, -0.2) is 0 Å². The van der Waals surface area contributed by atoms with E-state index in [-0.39, 0.29) is 6.04 Å². The Morgan fingerprint density at radius 2 is 2.19 bits per heavy atom. The van der Waals surface area contributed by atoms with Gasteiger partial charge in [0.25, 0.3) is 0 Å². The highest BCUT2D eigenvalue weighted by Crippen LogP contribution is 2.27. The van der Waals surface area contributed by atoms with Gasteiger partial charge in [-0.2, -0.15) is 5.10 Å². The van der Waals surface area contributed by atoms with Gasteiger partial charge in [0.15, 0.2) is 0 Å². The Morgan fingerprint density at radius 3 is 2.76 bits per heavy atom. The molecule has 0 aliphatic heterocycles. The van der Waals surface area contributed by atoms with Crippen molar-refractivity contribution in [3.8, 4) is 0 Å². The van der Waals surface area contributed by atoms with E-state index in [1.807, 2.05) is 10.7 Å². The Kier molecular flexibility index (Phi) is 6.04. The normalized spacial score (nSPS) is 12.6. The van der Waals surface area contributed by atoms with Crippen molar-refractivity contribution in [2.75, 3.05) is 0 Å². The Hall–Kier alpha value is -0.630. The van der Waals surface area contributed by atoms with Crippen molar-refractivity contribution >= 4 is 34.2 Å². The standard InChI is InChI=1S/C15H20ClIN4/c1-3-12-15(16)14(21(4-2)20-12)9-13(19-18)10-6-5-7-11(17)8-10/h5-8,13,19H,3-4,9,18H2,1-2H3. The van der Waals surface area contributed by atoms with Crippen LogP contribution in [0, 0.1) is 3.57 Å².